The predicted molar refractivity (Wildman–Crippen MR) is 76.6 cm³/mol. The summed E-state index contributed by atoms with van der Waals surface area (Å²) in [7, 11) is 1.58. The smallest absolute Gasteiger partial charge is 0.348 e. The maximum Gasteiger partial charge on any atom is 0.348 e. The molecule has 3 aromatic rings. The van der Waals surface area contributed by atoms with Gasteiger partial charge in [-0.15, -0.1) is 11.3 Å². The van der Waals surface area contributed by atoms with Gasteiger partial charge in [0.2, 0.25) is 0 Å². The number of hydrogen-bond acceptors (Lipinski definition) is 6. The minimum Gasteiger partial charge on any atom is -0.493 e. The van der Waals surface area contributed by atoms with Crippen molar-refractivity contribution in [3.8, 4) is 5.75 Å². The lowest BCUT2D eigenvalue weighted by molar-refractivity contribution is 0.0532. The fourth-order valence-corrected chi connectivity index (χ4v) is 3.10. The van der Waals surface area contributed by atoms with Gasteiger partial charge in [0.25, 0.3) is 0 Å². The number of rotatable bonds is 3. The number of thiophene rings is 1. The summed E-state index contributed by atoms with van der Waals surface area (Å²) in [6.07, 6.45) is 0. The Hall–Kier alpha value is -2.08. The van der Waals surface area contributed by atoms with Gasteiger partial charge in [-0.2, -0.15) is 0 Å². The van der Waals surface area contributed by atoms with Crippen LogP contribution in [-0.2, 0) is 4.74 Å². The van der Waals surface area contributed by atoms with Crippen LogP contribution >= 0.6 is 11.3 Å². The van der Waals surface area contributed by atoms with E-state index in [0.717, 1.165) is 10.1 Å². The molecule has 0 bridgehead atoms. The quantitative estimate of drug-likeness (QED) is 0.691. The first-order chi connectivity index (χ1) is 9.63. The normalized spacial score (nSPS) is 11.2. The number of carbonyl (C=O) groups is 1. The van der Waals surface area contributed by atoms with Crippen LogP contribution in [0.1, 0.15) is 22.5 Å². The van der Waals surface area contributed by atoms with E-state index in [-0.39, 0.29) is 5.97 Å². The Labute approximate surface area is 119 Å². The molecule has 0 aliphatic heterocycles. The molecule has 0 atom stereocenters. The molecule has 0 N–H and O–H groups in total. The summed E-state index contributed by atoms with van der Waals surface area (Å²) in [5.41, 5.74) is 1.31. The van der Waals surface area contributed by atoms with Gasteiger partial charge in [-0.1, -0.05) is 0 Å². The molecule has 20 heavy (non-hydrogen) atoms. The summed E-state index contributed by atoms with van der Waals surface area (Å²) < 4.78 is 16.8. The number of carbonyl (C=O) groups excluding carboxylic acids is 1. The molecule has 0 saturated heterocycles. The predicted octanol–water partition coefficient (Wildman–Crippen LogP) is 3.54. The Bertz CT molecular complexity index is 802. The first-order valence-corrected chi connectivity index (χ1v) is 7.00. The standard InChI is InChI=1S/C14H13NO4S/c1-4-18-14(16)11-5-8-10(20-11)6-9(17-3)13-12(8)15-7(2)19-13/h5-6H,4H2,1-3H3. The van der Waals surface area contributed by atoms with Crippen LogP contribution in [0, 0.1) is 6.92 Å². The summed E-state index contributed by atoms with van der Waals surface area (Å²) >= 11 is 1.36. The highest BCUT2D eigenvalue weighted by atomic mass is 32.1. The van der Waals surface area contributed by atoms with Gasteiger partial charge in [-0.05, 0) is 13.0 Å². The van der Waals surface area contributed by atoms with Gasteiger partial charge < -0.3 is 13.9 Å². The van der Waals surface area contributed by atoms with E-state index in [4.69, 9.17) is 13.9 Å². The van der Waals surface area contributed by atoms with Crippen LogP contribution in [0.25, 0.3) is 21.2 Å². The van der Waals surface area contributed by atoms with Crippen molar-refractivity contribution >= 4 is 38.5 Å². The fraction of sp³-hybridized carbons (Fsp3) is 0.286. The fourth-order valence-electron chi connectivity index (χ4n) is 2.11. The molecule has 0 radical (unpaired) electrons. The summed E-state index contributed by atoms with van der Waals surface area (Å²) in [5, 5.41) is 0.880. The van der Waals surface area contributed by atoms with E-state index in [1.807, 2.05) is 6.07 Å². The van der Waals surface area contributed by atoms with Crippen LogP contribution in [0.2, 0.25) is 0 Å². The molecule has 5 nitrogen and oxygen atoms in total. The molecule has 104 valence electrons. The lowest BCUT2D eigenvalue weighted by atomic mass is 10.2. The van der Waals surface area contributed by atoms with Gasteiger partial charge >= 0.3 is 5.97 Å². The second-order valence-corrected chi connectivity index (χ2v) is 5.32. The number of hydrogen-bond donors (Lipinski definition) is 0. The zero-order chi connectivity index (χ0) is 14.3. The number of methoxy groups -OCH3 is 1. The van der Waals surface area contributed by atoms with Gasteiger partial charge in [0.05, 0.1) is 13.7 Å². The molecule has 0 unspecified atom stereocenters. The summed E-state index contributed by atoms with van der Waals surface area (Å²) in [5.74, 6) is 0.862. The minimum absolute atomic E-state index is 0.318. The molecule has 0 spiro atoms. The molecule has 1 aromatic carbocycles. The largest absolute Gasteiger partial charge is 0.493 e. The number of fused-ring (bicyclic) bond motifs is 3. The third-order valence-corrected chi connectivity index (χ3v) is 3.99. The summed E-state index contributed by atoms with van der Waals surface area (Å²) in [6.45, 7) is 3.92. The first kappa shape index (κ1) is 12.9. The molecular formula is C14H13NO4S. The molecule has 3 rings (SSSR count). The molecule has 0 aliphatic carbocycles. The van der Waals surface area contributed by atoms with E-state index < -0.39 is 0 Å². The number of oxazole rings is 1. The van der Waals surface area contributed by atoms with Gasteiger partial charge in [-0.3, -0.25) is 0 Å². The van der Waals surface area contributed by atoms with Crippen LogP contribution in [-0.4, -0.2) is 24.7 Å². The van der Waals surface area contributed by atoms with E-state index in [1.165, 1.54) is 11.3 Å². The number of aryl methyl sites for hydroxylation is 1. The monoisotopic (exact) mass is 291 g/mol. The van der Waals surface area contributed by atoms with Crippen molar-refractivity contribution in [1.29, 1.82) is 0 Å². The number of nitrogens with zero attached hydrogens (tertiary/aromatic N) is 1. The highest BCUT2D eigenvalue weighted by Crippen LogP contribution is 2.38. The van der Waals surface area contributed by atoms with Crippen molar-refractivity contribution in [1.82, 2.24) is 4.98 Å². The molecule has 0 saturated carbocycles. The minimum atomic E-state index is -0.318. The lowest BCUT2D eigenvalue weighted by Crippen LogP contribution is -2.01. The van der Waals surface area contributed by atoms with E-state index in [1.54, 1.807) is 27.0 Å². The highest BCUT2D eigenvalue weighted by Gasteiger charge is 2.18. The van der Waals surface area contributed by atoms with E-state index in [0.29, 0.717) is 34.2 Å². The van der Waals surface area contributed by atoms with Gasteiger partial charge in [0.15, 0.2) is 17.2 Å². The topological polar surface area (TPSA) is 61.6 Å². The maximum atomic E-state index is 11.8. The van der Waals surface area contributed by atoms with Crippen molar-refractivity contribution in [2.24, 2.45) is 0 Å². The molecular weight excluding hydrogens is 278 g/mol. The van der Waals surface area contributed by atoms with Crippen molar-refractivity contribution in [2.45, 2.75) is 13.8 Å². The zero-order valence-electron chi connectivity index (χ0n) is 11.4. The van der Waals surface area contributed by atoms with E-state index >= 15 is 0 Å². The van der Waals surface area contributed by atoms with Gasteiger partial charge in [-0.25, -0.2) is 9.78 Å². The summed E-state index contributed by atoms with van der Waals surface area (Å²) in [4.78, 5) is 16.8. The third kappa shape index (κ3) is 1.92. The maximum absolute atomic E-state index is 11.8. The van der Waals surface area contributed by atoms with Crippen LogP contribution in [0.4, 0.5) is 0 Å². The average molecular weight is 291 g/mol. The van der Waals surface area contributed by atoms with Crippen molar-refractivity contribution in [3.05, 3.63) is 22.9 Å². The van der Waals surface area contributed by atoms with Crippen molar-refractivity contribution in [2.75, 3.05) is 13.7 Å². The molecule has 6 heteroatoms. The number of benzene rings is 1. The van der Waals surface area contributed by atoms with Crippen LogP contribution in [0.3, 0.4) is 0 Å². The second-order valence-electron chi connectivity index (χ2n) is 4.23. The van der Waals surface area contributed by atoms with Crippen molar-refractivity contribution in [3.63, 3.8) is 0 Å². The first-order valence-electron chi connectivity index (χ1n) is 6.18. The van der Waals surface area contributed by atoms with Gasteiger partial charge in [0, 0.05) is 23.1 Å². The van der Waals surface area contributed by atoms with Crippen LogP contribution in [0.5, 0.6) is 5.75 Å². The SMILES string of the molecule is CCOC(=O)c1cc2c(cc(OC)c3oc(C)nc32)s1. The Kier molecular flexibility index (Phi) is 3.10. The zero-order valence-corrected chi connectivity index (χ0v) is 12.2. The third-order valence-electron chi connectivity index (χ3n) is 2.93. The second kappa shape index (κ2) is 4.79. The average Bonchev–Trinajstić information content (AvgIpc) is 3.00. The van der Waals surface area contributed by atoms with Crippen LogP contribution in [0.15, 0.2) is 16.5 Å². The Balaban J connectivity index is 2.27. The van der Waals surface area contributed by atoms with E-state index in [9.17, 15) is 4.79 Å². The Morgan fingerprint density at radius 1 is 1.45 bits per heavy atom. The molecule has 2 aromatic heterocycles. The molecule has 0 amide bonds. The molecule has 2 heterocycles. The Morgan fingerprint density at radius 2 is 2.25 bits per heavy atom. The number of aromatic nitrogens is 1. The lowest BCUT2D eigenvalue weighted by Gasteiger charge is -1.99. The van der Waals surface area contributed by atoms with Crippen molar-refractivity contribution < 1.29 is 18.7 Å². The highest BCUT2D eigenvalue weighted by molar-refractivity contribution is 7.20. The van der Waals surface area contributed by atoms with Crippen LogP contribution < -0.4 is 4.74 Å². The van der Waals surface area contributed by atoms with E-state index in [2.05, 4.69) is 4.98 Å². The molecule has 0 aliphatic rings. The molecule has 0 fully saturated rings. The number of esters is 1. The summed E-state index contributed by atoms with van der Waals surface area (Å²) in [6, 6.07) is 3.65. The Morgan fingerprint density at radius 3 is 2.95 bits per heavy atom. The van der Waals surface area contributed by atoms with Gasteiger partial charge in [0.1, 0.15) is 10.4 Å². The number of ether oxygens (including phenoxy) is 2.